The van der Waals surface area contributed by atoms with Crippen molar-refractivity contribution in [1.82, 2.24) is 10.2 Å². The molecule has 0 bridgehead atoms. The maximum atomic E-state index is 12.1. The molecule has 0 aliphatic carbocycles. The number of nitrogens with zero attached hydrogens (tertiary/aromatic N) is 1. The van der Waals surface area contributed by atoms with Crippen molar-refractivity contribution in [3.63, 3.8) is 0 Å². The van der Waals surface area contributed by atoms with Gasteiger partial charge in [-0.25, -0.2) is 0 Å². The highest BCUT2D eigenvalue weighted by Gasteiger charge is 2.20. The highest BCUT2D eigenvalue weighted by atomic mass is 127. The molecule has 0 aromatic heterocycles. The van der Waals surface area contributed by atoms with Gasteiger partial charge in [0.15, 0.2) is 6.61 Å². The molecule has 0 unspecified atom stereocenters. The molecule has 0 atom stereocenters. The fourth-order valence-corrected chi connectivity index (χ4v) is 3.54. The third-order valence-electron chi connectivity index (χ3n) is 4.70. The monoisotopic (exact) mass is 464 g/mol. The van der Waals surface area contributed by atoms with Gasteiger partial charge in [-0.05, 0) is 71.7 Å². The number of nitrogens with one attached hydrogen (secondary N) is 1. The summed E-state index contributed by atoms with van der Waals surface area (Å²) in [5.41, 5.74) is 1.38. The lowest BCUT2D eigenvalue weighted by Crippen LogP contribution is -2.46. The minimum absolute atomic E-state index is 0.0358. The summed E-state index contributed by atoms with van der Waals surface area (Å²) in [4.78, 5) is 14.6. The van der Waals surface area contributed by atoms with Gasteiger partial charge >= 0.3 is 0 Å². The van der Waals surface area contributed by atoms with Gasteiger partial charge in [0.2, 0.25) is 0 Å². The molecule has 0 spiro atoms. The number of hydrogen-bond acceptors (Lipinski definition) is 3. The summed E-state index contributed by atoms with van der Waals surface area (Å²) in [5.74, 6) is 0.697. The van der Waals surface area contributed by atoms with Crippen molar-refractivity contribution in [3.8, 4) is 5.75 Å². The van der Waals surface area contributed by atoms with Crippen LogP contribution in [-0.2, 0) is 11.2 Å². The molecule has 138 valence electrons. The maximum Gasteiger partial charge on any atom is 0.258 e. The third kappa shape index (κ3) is 6.29. The Morgan fingerprint density at radius 1 is 1.08 bits per heavy atom. The van der Waals surface area contributed by atoms with E-state index in [0.717, 1.165) is 48.2 Å². The van der Waals surface area contributed by atoms with E-state index in [-0.39, 0.29) is 18.6 Å². The number of benzene rings is 2. The van der Waals surface area contributed by atoms with Crippen LogP contribution >= 0.6 is 22.6 Å². The number of carbonyl (C=O) groups excluding carboxylic acids is 1. The highest BCUT2D eigenvalue weighted by Crippen LogP contribution is 2.14. The Labute approximate surface area is 169 Å². The Hall–Kier alpha value is -1.60. The van der Waals surface area contributed by atoms with E-state index < -0.39 is 0 Å². The summed E-state index contributed by atoms with van der Waals surface area (Å²) in [6.07, 6.45) is 3.09. The summed E-state index contributed by atoms with van der Waals surface area (Å²) in [6.45, 7) is 3.24. The number of carbonyl (C=O) groups is 1. The topological polar surface area (TPSA) is 41.6 Å². The molecule has 26 heavy (non-hydrogen) atoms. The molecular formula is C21H25IN2O2. The van der Waals surface area contributed by atoms with Gasteiger partial charge in [0.25, 0.3) is 5.91 Å². The van der Waals surface area contributed by atoms with Crippen LogP contribution in [0.4, 0.5) is 0 Å². The van der Waals surface area contributed by atoms with Crippen LogP contribution in [0.2, 0.25) is 0 Å². The van der Waals surface area contributed by atoms with Gasteiger partial charge in [-0.2, -0.15) is 0 Å². The third-order valence-corrected chi connectivity index (χ3v) is 5.41. The number of amides is 1. The van der Waals surface area contributed by atoms with Crippen molar-refractivity contribution in [2.75, 3.05) is 26.2 Å². The lowest BCUT2D eigenvalue weighted by molar-refractivity contribution is -0.124. The van der Waals surface area contributed by atoms with E-state index in [9.17, 15) is 4.79 Å². The summed E-state index contributed by atoms with van der Waals surface area (Å²) in [5, 5.41) is 3.10. The van der Waals surface area contributed by atoms with Crippen LogP contribution in [-0.4, -0.2) is 43.1 Å². The van der Waals surface area contributed by atoms with Crippen LogP contribution in [0.15, 0.2) is 54.6 Å². The standard InChI is InChI=1S/C21H25IN2O2/c22-18-6-8-20(9-7-18)26-16-21(25)23-19-11-14-24(15-12-19)13-10-17-4-2-1-3-5-17/h1-9,19H,10-16H2,(H,23,25). The Kier molecular flexibility index (Phi) is 7.32. The maximum absolute atomic E-state index is 12.1. The number of ether oxygens (including phenoxy) is 1. The van der Waals surface area contributed by atoms with Gasteiger partial charge in [-0.1, -0.05) is 30.3 Å². The van der Waals surface area contributed by atoms with Crippen LogP contribution in [0.1, 0.15) is 18.4 Å². The molecule has 1 amide bonds. The molecule has 0 radical (unpaired) electrons. The number of halogens is 1. The van der Waals surface area contributed by atoms with Crippen LogP contribution < -0.4 is 10.1 Å². The van der Waals surface area contributed by atoms with Crippen molar-refractivity contribution < 1.29 is 9.53 Å². The molecule has 1 aliphatic rings. The van der Waals surface area contributed by atoms with E-state index in [2.05, 4.69) is 63.1 Å². The quantitative estimate of drug-likeness (QED) is 0.638. The molecule has 2 aromatic carbocycles. The van der Waals surface area contributed by atoms with E-state index in [1.807, 2.05) is 24.3 Å². The summed E-state index contributed by atoms with van der Waals surface area (Å²) in [6, 6.07) is 18.6. The Balaban J connectivity index is 1.33. The Morgan fingerprint density at radius 3 is 2.46 bits per heavy atom. The van der Waals surface area contributed by atoms with Gasteiger partial charge in [-0.3, -0.25) is 4.79 Å². The van der Waals surface area contributed by atoms with Crippen LogP contribution in [0.25, 0.3) is 0 Å². The molecule has 1 N–H and O–H groups in total. The first-order valence-corrected chi connectivity index (χ1v) is 10.2. The summed E-state index contributed by atoms with van der Waals surface area (Å²) >= 11 is 2.25. The molecule has 4 nitrogen and oxygen atoms in total. The predicted octanol–water partition coefficient (Wildman–Crippen LogP) is 3.49. The number of hydrogen-bond donors (Lipinski definition) is 1. The molecular weight excluding hydrogens is 439 g/mol. The van der Waals surface area contributed by atoms with Crippen molar-refractivity contribution in [1.29, 1.82) is 0 Å². The smallest absolute Gasteiger partial charge is 0.258 e. The van der Waals surface area contributed by atoms with Gasteiger partial charge in [0.05, 0.1) is 0 Å². The van der Waals surface area contributed by atoms with E-state index in [1.165, 1.54) is 5.56 Å². The first-order chi connectivity index (χ1) is 12.7. The average Bonchev–Trinajstić information content (AvgIpc) is 2.68. The number of rotatable bonds is 7. The molecule has 3 rings (SSSR count). The number of piperidine rings is 1. The van der Waals surface area contributed by atoms with E-state index >= 15 is 0 Å². The molecule has 0 saturated carbocycles. The SMILES string of the molecule is O=C(COc1ccc(I)cc1)NC1CCN(CCc2ccccc2)CC1. The first-order valence-electron chi connectivity index (χ1n) is 9.13. The van der Waals surface area contributed by atoms with E-state index in [0.29, 0.717) is 0 Å². The second-order valence-electron chi connectivity index (χ2n) is 6.66. The molecule has 1 saturated heterocycles. The van der Waals surface area contributed by atoms with Crippen molar-refractivity contribution in [2.24, 2.45) is 0 Å². The summed E-state index contributed by atoms with van der Waals surface area (Å²) in [7, 11) is 0. The zero-order valence-corrected chi connectivity index (χ0v) is 17.0. The predicted molar refractivity (Wildman–Crippen MR) is 112 cm³/mol. The molecule has 1 aliphatic heterocycles. The van der Waals surface area contributed by atoms with Gasteiger partial charge < -0.3 is 15.0 Å². The molecule has 1 fully saturated rings. The average molecular weight is 464 g/mol. The van der Waals surface area contributed by atoms with Crippen LogP contribution in [0.3, 0.4) is 0 Å². The largest absolute Gasteiger partial charge is 0.484 e. The van der Waals surface area contributed by atoms with E-state index in [1.54, 1.807) is 0 Å². The first kappa shape index (κ1) is 19.2. The molecule has 5 heteroatoms. The van der Waals surface area contributed by atoms with Crippen LogP contribution in [0.5, 0.6) is 5.75 Å². The lowest BCUT2D eigenvalue weighted by Gasteiger charge is -2.32. The lowest BCUT2D eigenvalue weighted by atomic mass is 10.0. The normalized spacial score (nSPS) is 15.6. The van der Waals surface area contributed by atoms with Crippen molar-refractivity contribution in [3.05, 3.63) is 63.7 Å². The Bertz CT molecular complexity index is 683. The molecule has 2 aromatic rings. The van der Waals surface area contributed by atoms with Crippen molar-refractivity contribution >= 4 is 28.5 Å². The minimum atomic E-state index is -0.0358. The highest BCUT2D eigenvalue weighted by molar-refractivity contribution is 14.1. The Morgan fingerprint density at radius 2 is 1.77 bits per heavy atom. The molecule has 1 heterocycles. The van der Waals surface area contributed by atoms with Gasteiger partial charge in [0, 0.05) is 29.2 Å². The second-order valence-corrected chi connectivity index (χ2v) is 7.91. The number of likely N-dealkylation sites (tertiary alicyclic amines) is 1. The minimum Gasteiger partial charge on any atom is -0.484 e. The van der Waals surface area contributed by atoms with Gasteiger partial charge in [0.1, 0.15) is 5.75 Å². The summed E-state index contributed by atoms with van der Waals surface area (Å²) < 4.78 is 6.70. The van der Waals surface area contributed by atoms with E-state index in [4.69, 9.17) is 4.74 Å². The zero-order chi connectivity index (χ0) is 18.2. The fraction of sp³-hybridized carbons (Fsp3) is 0.381. The van der Waals surface area contributed by atoms with Crippen molar-refractivity contribution in [2.45, 2.75) is 25.3 Å². The van der Waals surface area contributed by atoms with Gasteiger partial charge in [-0.15, -0.1) is 0 Å². The second kappa shape index (κ2) is 9.92. The van der Waals surface area contributed by atoms with Crippen LogP contribution in [0, 0.1) is 3.57 Å². The zero-order valence-electron chi connectivity index (χ0n) is 14.9. The fourth-order valence-electron chi connectivity index (χ4n) is 3.18.